The van der Waals surface area contributed by atoms with Gasteiger partial charge in [-0.2, -0.15) is 0 Å². The highest BCUT2D eigenvalue weighted by molar-refractivity contribution is 5.33. The van der Waals surface area contributed by atoms with Gasteiger partial charge in [-0.25, -0.2) is 4.39 Å². The van der Waals surface area contributed by atoms with Crippen molar-refractivity contribution in [2.45, 2.75) is 13.0 Å². The van der Waals surface area contributed by atoms with Crippen molar-refractivity contribution in [2.24, 2.45) is 0 Å². The number of aromatic hydroxyl groups is 1. The number of halogens is 1. The van der Waals surface area contributed by atoms with Crippen LogP contribution in [0.3, 0.4) is 0 Å². The molecule has 0 aromatic heterocycles. The number of nitrogens with zero attached hydrogens (tertiary/aromatic N) is 1. The molecule has 0 spiro atoms. The number of non-ortho nitro benzene ring substituents is 1. The largest absolute Gasteiger partial charge is 0.505 e. The molecule has 0 atom stereocenters. The van der Waals surface area contributed by atoms with Crippen molar-refractivity contribution in [1.29, 1.82) is 0 Å². The summed E-state index contributed by atoms with van der Waals surface area (Å²) in [5.41, 5.74) is 1.81. The maximum absolute atomic E-state index is 13.1. The van der Waals surface area contributed by atoms with E-state index in [0.717, 1.165) is 17.5 Å². The first kappa shape index (κ1) is 14.9. The van der Waals surface area contributed by atoms with Gasteiger partial charge in [0.05, 0.1) is 4.92 Å². The van der Waals surface area contributed by atoms with Gasteiger partial charge in [0.25, 0.3) is 5.69 Å². The third-order valence-corrected chi connectivity index (χ3v) is 3.08. The highest BCUT2D eigenvalue weighted by Crippen LogP contribution is 2.16. The zero-order chi connectivity index (χ0) is 15.2. The Morgan fingerprint density at radius 3 is 2.43 bits per heavy atom. The quantitative estimate of drug-likeness (QED) is 0.487. The molecule has 2 aromatic rings. The molecule has 0 aliphatic rings. The van der Waals surface area contributed by atoms with E-state index in [1.807, 2.05) is 0 Å². The van der Waals surface area contributed by atoms with Crippen LogP contribution in [0.5, 0.6) is 5.75 Å². The van der Waals surface area contributed by atoms with Gasteiger partial charge in [-0.1, -0.05) is 18.2 Å². The van der Waals surface area contributed by atoms with E-state index in [2.05, 4.69) is 5.32 Å². The molecule has 2 N–H and O–H groups in total. The second-order valence-corrected chi connectivity index (χ2v) is 4.64. The average molecular weight is 290 g/mol. The van der Waals surface area contributed by atoms with Crippen LogP contribution in [-0.4, -0.2) is 16.6 Å². The van der Waals surface area contributed by atoms with E-state index in [4.69, 9.17) is 5.11 Å². The summed E-state index contributed by atoms with van der Waals surface area (Å²) in [6, 6.07) is 10.7. The maximum atomic E-state index is 13.1. The first-order valence-corrected chi connectivity index (χ1v) is 6.47. The number of benzene rings is 2. The Morgan fingerprint density at radius 2 is 1.81 bits per heavy atom. The number of phenolic OH excluding ortho intramolecular Hbond substituents is 1. The van der Waals surface area contributed by atoms with Crippen LogP contribution in [0.2, 0.25) is 0 Å². The van der Waals surface area contributed by atoms with Crippen molar-refractivity contribution in [2.75, 3.05) is 6.54 Å². The van der Waals surface area contributed by atoms with Crippen molar-refractivity contribution in [3.63, 3.8) is 0 Å². The molecule has 6 heteroatoms. The van der Waals surface area contributed by atoms with Crippen molar-refractivity contribution in [3.05, 3.63) is 69.5 Å². The number of rotatable bonds is 6. The van der Waals surface area contributed by atoms with Crippen molar-refractivity contribution in [3.8, 4) is 5.75 Å². The fraction of sp³-hybridized carbons (Fsp3) is 0.200. The van der Waals surface area contributed by atoms with E-state index in [9.17, 15) is 14.5 Å². The Labute approximate surface area is 121 Å². The predicted molar refractivity (Wildman–Crippen MR) is 76.6 cm³/mol. The Morgan fingerprint density at radius 1 is 1.14 bits per heavy atom. The van der Waals surface area contributed by atoms with Crippen LogP contribution in [0, 0.1) is 15.9 Å². The predicted octanol–water partition coefficient (Wildman–Crippen LogP) is 2.77. The highest BCUT2D eigenvalue weighted by atomic mass is 19.1. The van der Waals surface area contributed by atoms with Crippen molar-refractivity contribution in [1.82, 2.24) is 5.32 Å². The van der Waals surface area contributed by atoms with E-state index in [1.54, 1.807) is 18.2 Å². The number of hydrogen-bond acceptors (Lipinski definition) is 4. The molecule has 2 rings (SSSR count). The van der Waals surface area contributed by atoms with Gasteiger partial charge in [-0.3, -0.25) is 10.1 Å². The summed E-state index contributed by atoms with van der Waals surface area (Å²) in [6.07, 6.45) is 0.721. The molecular weight excluding hydrogens is 275 g/mol. The van der Waals surface area contributed by atoms with Crippen molar-refractivity contribution < 1.29 is 14.4 Å². The molecular formula is C15H15FN2O3. The van der Waals surface area contributed by atoms with Crippen LogP contribution < -0.4 is 5.32 Å². The van der Waals surface area contributed by atoms with Crippen molar-refractivity contribution >= 4 is 5.69 Å². The molecule has 0 aliphatic carbocycles. The third-order valence-electron chi connectivity index (χ3n) is 3.08. The van der Waals surface area contributed by atoms with E-state index >= 15 is 0 Å². The number of nitrogens with one attached hydrogen (secondary N) is 1. The molecule has 2 aromatic carbocycles. The molecule has 0 amide bonds. The fourth-order valence-electron chi connectivity index (χ4n) is 1.91. The lowest BCUT2D eigenvalue weighted by molar-refractivity contribution is -0.384. The van der Waals surface area contributed by atoms with Crippen LogP contribution >= 0.6 is 0 Å². The normalized spacial score (nSPS) is 10.5. The van der Waals surface area contributed by atoms with Gasteiger partial charge in [0, 0.05) is 18.7 Å². The van der Waals surface area contributed by atoms with Crippen LogP contribution in [0.15, 0.2) is 42.5 Å². The molecule has 110 valence electrons. The lowest BCUT2D eigenvalue weighted by Crippen LogP contribution is -2.16. The van der Waals surface area contributed by atoms with Crippen LogP contribution in [-0.2, 0) is 13.0 Å². The summed E-state index contributed by atoms with van der Waals surface area (Å²) in [7, 11) is 0. The molecule has 5 nitrogen and oxygen atoms in total. The second kappa shape index (κ2) is 6.81. The lowest BCUT2D eigenvalue weighted by Gasteiger charge is -2.06. The van der Waals surface area contributed by atoms with Gasteiger partial charge in [0.15, 0.2) is 11.6 Å². The SMILES string of the molecule is O=[N+]([O-])c1ccc(CCNCc2ccc(O)c(F)c2)cc1. The zero-order valence-electron chi connectivity index (χ0n) is 11.3. The van der Waals surface area contributed by atoms with Gasteiger partial charge in [0.1, 0.15) is 0 Å². The Bertz CT molecular complexity index is 629. The Kier molecular flexibility index (Phi) is 4.84. The minimum Gasteiger partial charge on any atom is -0.505 e. The molecule has 0 heterocycles. The molecule has 0 unspecified atom stereocenters. The number of nitro benzene ring substituents is 1. The van der Waals surface area contributed by atoms with Gasteiger partial charge in [0.2, 0.25) is 0 Å². The molecule has 21 heavy (non-hydrogen) atoms. The third kappa shape index (κ3) is 4.25. The average Bonchev–Trinajstić information content (AvgIpc) is 2.47. The fourth-order valence-corrected chi connectivity index (χ4v) is 1.91. The summed E-state index contributed by atoms with van der Waals surface area (Å²) in [5, 5.41) is 22.8. The van der Waals surface area contributed by atoms with Gasteiger partial charge >= 0.3 is 0 Å². The minimum atomic E-state index is -0.635. The highest BCUT2D eigenvalue weighted by Gasteiger charge is 2.04. The Hall–Kier alpha value is -2.47. The van der Waals surface area contributed by atoms with E-state index in [1.165, 1.54) is 24.3 Å². The molecule has 0 radical (unpaired) electrons. The second-order valence-electron chi connectivity index (χ2n) is 4.64. The van der Waals surface area contributed by atoms with Gasteiger partial charge < -0.3 is 10.4 Å². The summed E-state index contributed by atoms with van der Waals surface area (Å²) in [5.74, 6) is -0.991. The van der Waals surface area contributed by atoms with Gasteiger partial charge in [-0.05, 0) is 36.2 Å². The lowest BCUT2D eigenvalue weighted by atomic mass is 10.1. The van der Waals surface area contributed by atoms with Crippen LogP contribution in [0.1, 0.15) is 11.1 Å². The summed E-state index contributed by atoms with van der Waals surface area (Å²) >= 11 is 0. The standard InChI is InChI=1S/C15H15FN2O3/c16-14-9-12(3-6-15(14)19)10-17-8-7-11-1-4-13(5-2-11)18(20)21/h1-6,9,17,19H,7-8,10H2. The monoisotopic (exact) mass is 290 g/mol. The first-order valence-electron chi connectivity index (χ1n) is 6.47. The molecule has 0 saturated heterocycles. The molecule has 0 aliphatic heterocycles. The molecule has 0 saturated carbocycles. The first-order chi connectivity index (χ1) is 10.1. The number of nitro groups is 1. The maximum Gasteiger partial charge on any atom is 0.269 e. The van der Waals surface area contributed by atoms with E-state index < -0.39 is 10.7 Å². The number of phenols is 1. The van der Waals surface area contributed by atoms with E-state index in [0.29, 0.717) is 13.1 Å². The minimum absolute atomic E-state index is 0.0753. The summed E-state index contributed by atoms with van der Waals surface area (Å²) < 4.78 is 13.1. The topological polar surface area (TPSA) is 75.4 Å². The van der Waals surface area contributed by atoms with Crippen LogP contribution in [0.25, 0.3) is 0 Å². The molecule has 0 bridgehead atoms. The zero-order valence-corrected chi connectivity index (χ0v) is 11.3. The number of hydrogen-bond donors (Lipinski definition) is 2. The Balaban J connectivity index is 1.79. The summed E-state index contributed by atoms with van der Waals surface area (Å²) in [4.78, 5) is 10.1. The van der Waals surface area contributed by atoms with E-state index in [-0.39, 0.29) is 11.4 Å². The smallest absolute Gasteiger partial charge is 0.269 e. The van der Waals surface area contributed by atoms with Crippen LogP contribution in [0.4, 0.5) is 10.1 Å². The van der Waals surface area contributed by atoms with Gasteiger partial charge in [-0.15, -0.1) is 0 Å². The molecule has 0 fully saturated rings. The summed E-state index contributed by atoms with van der Waals surface area (Å²) in [6.45, 7) is 1.16.